The van der Waals surface area contributed by atoms with Gasteiger partial charge in [0.1, 0.15) is 25.0 Å². The van der Waals surface area contributed by atoms with Gasteiger partial charge in [0, 0.05) is 5.56 Å². The van der Waals surface area contributed by atoms with E-state index < -0.39 is 11.7 Å². The molecule has 4 nitrogen and oxygen atoms in total. The molecule has 0 bridgehead atoms. The van der Waals surface area contributed by atoms with Crippen molar-refractivity contribution in [3.63, 3.8) is 0 Å². The van der Waals surface area contributed by atoms with Crippen molar-refractivity contribution >= 4 is 5.71 Å². The molecular weight excluding hydrogens is 333 g/mol. The molecule has 0 unspecified atom stereocenters. The summed E-state index contributed by atoms with van der Waals surface area (Å²) in [6.45, 7) is 2.04. The lowest BCUT2D eigenvalue weighted by atomic mass is 10.0. The highest BCUT2D eigenvalue weighted by Gasteiger charge is 2.30. The minimum absolute atomic E-state index is 0.00961. The molecule has 0 radical (unpaired) electrons. The Hall–Kier alpha value is -3.01. The predicted molar refractivity (Wildman–Crippen MR) is 86.0 cm³/mol. The third-order valence-electron chi connectivity index (χ3n) is 3.22. The van der Waals surface area contributed by atoms with Gasteiger partial charge in [0.2, 0.25) is 0 Å². The summed E-state index contributed by atoms with van der Waals surface area (Å²) in [4.78, 5) is 4.91. The van der Waals surface area contributed by atoms with E-state index in [1.165, 1.54) is 12.1 Å². The van der Waals surface area contributed by atoms with Crippen molar-refractivity contribution in [2.45, 2.75) is 19.7 Å². The minimum Gasteiger partial charge on any atom is -0.489 e. The molecule has 0 heterocycles. The van der Waals surface area contributed by atoms with Gasteiger partial charge in [-0.1, -0.05) is 35.5 Å². The van der Waals surface area contributed by atoms with Gasteiger partial charge < -0.3 is 9.57 Å². The largest absolute Gasteiger partial charge is 0.489 e. The van der Waals surface area contributed by atoms with E-state index in [-0.39, 0.29) is 18.1 Å². The lowest BCUT2D eigenvalue weighted by Gasteiger charge is -2.12. The lowest BCUT2D eigenvalue weighted by molar-refractivity contribution is -0.137. The number of benzene rings is 2. The maximum atomic E-state index is 12.7. The number of oxime groups is 1. The highest BCUT2D eigenvalue weighted by atomic mass is 19.4. The van der Waals surface area contributed by atoms with E-state index in [9.17, 15) is 18.4 Å². The van der Waals surface area contributed by atoms with Crippen LogP contribution < -0.4 is 4.74 Å². The summed E-state index contributed by atoms with van der Waals surface area (Å²) < 4.78 is 43.7. The quantitative estimate of drug-likeness (QED) is 0.568. The average Bonchev–Trinajstić information content (AvgIpc) is 2.61. The Morgan fingerprint density at radius 1 is 1.16 bits per heavy atom. The van der Waals surface area contributed by atoms with Gasteiger partial charge in [-0.2, -0.15) is 18.4 Å². The van der Waals surface area contributed by atoms with Gasteiger partial charge in [0.15, 0.2) is 5.71 Å². The Labute approximate surface area is 143 Å². The van der Waals surface area contributed by atoms with Crippen molar-refractivity contribution in [3.8, 4) is 11.8 Å². The summed E-state index contributed by atoms with van der Waals surface area (Å²) in [6.07, 6.45) is -4.44. The van der Waals surface area contributed by atoms with Crippen molar-refractivity contribution in [1.82, 2.24) is 0 Å². The summed E-state index contributed by atoms with van der Waals surface area (Å²) in [5.41, 5.74) is 0.407. The fourth-order valence-electron chi connectivity index (χ4n) is 2.06. The fourth-order valence-corrected chi connectivity index (χ4v) is 2.06. The van der Waals surface area contributed by atoms with Crippen LogP contribution in [0.15, 0.2) is 53.7 Å². The topological polar surface area (TPSA) is 54.6 Å². The fraction of sp³-hybridized carbons (Fsp3) is 0.222. The lowest BCUT2D eigenvalue weighted by Crippen LogP contribution is -2.08. The highest BCUT2D eigenvalue weighted by Crippen LogP contribution is 2.31. The number of hydrogen-bond acceptors (Lipinski definition) is 4. The second-order valence-corrected chi connectivity index (χ2v) is 4.94. The monoisotopic (exact) mass is 348 g/mol. The molecule has 0 saturated heterocycles. The van der Waals surface area contributed by atoms with Crippen molar-refractivity contribution in [1.29, 1.82) is 5.26 Å². The first kappa shape index (κ1) is 18.3. The number of rotatable bonds is 6. The normalized spacial score (nSPS) is 11.7. The zero-order valence-electron chi connectivity index (χ0n) is 13.4. The van der Waals surface area contributed by atoms with Crippen molar-refractivity contribution in [3.05, 3.63) is 65.2 Å². The maximum Gasteiger partial charge on any atom is 0.416 e. The Morgan fingerprint density at radius 2 is 1.92 bits per heavy atom. The van der Waals surface area contributed by atoms with Crippen LogP contribution in [-0.4, -0.2) is 12.3 Å². The van der Waals surface area contributed by atoms with E-state index in [0.717, 1.165) is 12.1 Å². The summed E-state index contributed by atoms with van der Waals surface area (Å²) in [7, 11) is 0. The number of ether oxygens (including phenoxy) is 1. The molecular formula is C18H15F3N2O2. The first-order valence-electron chi connectivity index (χ1n) is 7.44. The van der Waals surface area contributed by atoms with Crippen LogP contribution in [0.4, 0.5) is 13.2 Å². The van der Waals surface area contributed by atoms with Gasteiger partial charge in [0.25, 0.3) is 0 Å². The van der Waals surface area contributed by atoms with Crippen LogP contribution in [-0.2, 0) is 17.6 Å². The van der Waals surface area contributed by atoms with Crippen molar-refractivity contribution in [2.24, 2.45) is 5.16 Å². The van der Waals surface area contributed by atoms with Gasteiger partial charge in [-0.15, -0.1) is 0 Å². The summed E-state index contributed by atoms with van der Waals surface area (Å²) >= 11 is 0. The first-order chi connectivity index (χ1) is 12.0. The van der Waals surface area contributed by atoms with Crippen LogP contribution in [0.25, 0.3) is 0 Å². The zero-order chi connectivity index (χ0) is 18.3. The summed E-state index contributed by atoms with van der Waals surface area (Å²) in [5.74, 6) is 0.0879. The molecule has 130 valence electrons. The van der Waals surface area contributed by atoms with E-state index in [0.29, 0.717) is 17.7 Å². The van der Waals surface area contributed by atoms with Crippen LogP contribution in [0.5, 0.6) is 5.75 Å². The van der Waals surface area contributed by atoms with E-state index in [1.54, 1.807) is 31.2 Å². The molecule has 2 aromatic rings. The van der Waals surface area contributed by atoms with Crippen LogP contribution >= 0.6 is 0 Å². The molecule has 0 aliphatic rings. The maximum absolute atomic E-state index is 12.7. The Morgan fingerprint density at radius 3 is 2.60 bits per heavy atom. The molecule has 0 saturated carbocycles. The SMILES string of the molecule is CCO/N=C(\C#N)c1ccccc1COc1cccc(C(F)(F)F)c1. The minimum atomic E-state index is -4.44. The van der Waals surface area contributed by atoms with Gasteiger partial charge in [0.05, 0.1) is 5.56 Å². The molecule has 2 rings (SSSR count). The highest BCUT2D eigenvalue weighted by molar-refractivity contribution is 6.12. The standard InChI is InChI=1S/C18H15F3N2O2/c1-2-25-23-17(11-22)16-9-4-3-6-13(16)12-24-15-8-5-7-14(10-15)18(19,20)21/h3-10H,2,12H2,1H3/b23-17+. The molecule has 7 heteroatoms. The molecule has 25 heavy (non-hydrogen) atoms. The van der Waals surface area contributed by atoms with E-state index in [2.05, 4.69) is 5.16 Å². The zero-order valence-corrected chi connectivity index (χ0v) is 13.4. The molecule has 0 atom stereocenters. The molecule has 0 aromatic heterocycles. The average molecular weight is 348 g/mol. The first-order valence-corrected chi connectivity index (χ1v) is 7.44. The van der Waals surface area contributed by atoms with E-state index in [1.807, 2.05) is 6.07 Å². The molecule has 0 N–H and O–H groups in total. The molecule has 0 aliphatic carbocycles. The van der Waals surface area contributed by atoms with Crippen LogP contribution in [0.2, 0.25) is 0 Å². The van der Waals surface area contributed by atoms with Crippen molar-refractivity contribution in [2.75, 3.05) is 6.61 Å². The number of halogens is 3. The van der Waals surface area contributed by atoms with E-state index >= 15 is 0 Å². The molecule has 0 spiro atoms. The summed E-state index contributed by atoms with van der Waals surface area (Å²) in [5, 5.41) is 13.0. The predicted octanol–water partition coefficient (Wildman–Crippen LogP) is 4.55. The second kappa shape index (κ2) is 8.20. The van der Waals surface area contributed by atoms with Crippen LogP contribution in [0.3, 0.4) is 0 Å². The Bertz CT molecular complexity index is 795. The molecule has 0 fully saturated rings. The van der Waals surface area contributed by atoms with Crippen molar-refractivity contribution < 1.29 is 22.7 Å². The van der Waals surface area contributed by atoms with Gasteiger partial charge in [-0.05, 0) is 30.7 Å². The van der Waals surface area contributed by atoms with Gasteiger partial charge in [-0.3, -0.25) is 0 Å². The van der Waals surface area contributed by atoms with Gasteiger partial charge >= 0.3 is 6.18 Å². The third kappa shape index (κ3) is 4.98. The van der Waals surface area contributed by atoms with Crippen LogP contribution in [0.1, 0.15) is 23.6 Å². The Kier molecular flexibility index (Phi) is 6.01. The number of nitriles is 1. The van der Waals surface area contributed by atoms with Gasteiger partial charge in [-0.25, -0.2) is 0 Å². The third-order valence-corrected chi connectivity index (χ3v) is 3.22. The smallest absolute Gasteiger partial charge is 0.416 e. The number of nitrogens with zero attached hydrogens (tertiary/aromatic N) is 2. The molecule has 0 aliphatic heterocycles. The number of alkyl halides is 3. The van der Waals surface area contributed by atoms with Crippen LogP contribution in [0, 0.1) is 11.3 Å². The number of hydrogen-bond donors (Lipinski definition) is 0. The summed E-state index contributed by atoms with van der Waals surface area (Å²) in [6, 6.07) is 13.4. The molecule has 2 aromatic carbocycles. The second-order valence-electron chi connectivity index (χ2n) is 4.94. The Balaban J connectivity index is 2.21. The molecule has 0 amide bonds. The van der Waals surface area contributed by atoms with E-state index in [4.69, 9.17) is 9.57 Å².